The van der Waals surface area contributed by atoms with Gasteiger partial charge in [-0.3, -0.25) is 0 Å². The Morgan fingerprint density at radius 3 is 0.469 bits per heavy atom. The molecule has 0 bridgehead atoms. The first-order valence-corrected chi connectivity index (χ1v) is 20.8. The predicted molar refractivity (Wildman–Crippen MR) is 200 cm³/mol. The molecule has 0 saturated heterocycles. The van der Waals surface area contributed by atoms with Crippen LogP contribution in [0.4, 0.5) is 0 Å². The van der Waals surface area contributed by atoms with E-state index in [0.717, 1.165) is 38.5 Å². The molecule has 1 aliphatic rings. The molecule has 1 aliphatic carbocycles. The summed E-state index contributed by atoms with van der Waals surface area (Å²) in [5, 5.41) is 87.6. The number of rotatable bonds is 8. The van der Waals surface area contributed by atoms with E-state index in [9.17, 15) is 40.9 Å². The summed E-state index contributed by atoms with van der Waals surface area (Å²) in [6, 6.07) is 0. The van der Waals surface area contributed by atoms with Crippen molar-refractivity contribution in [3.8, 4) is 0 Å². The minimum Gasteiger partial charge on any atom is -0.396 e. The highest BCUT2D eigenvalue weighted by atomic mass is 16.3. The van der Waals surface area contributed by atoms with E-state index in [-0.39, 0.29) is 12.8 Å². The van der Waals surface area contributed by atoms with Gasteiger partial charge in [0.2, 0.25) is 0 Å². The van der Waals surface area contributed by atoms with Crippen molar-refractivity contribution in [2.75, 3.05) is 52.9 Å². The Labute approximate surface area is 301 Å². The zero-order valence-electron chi connectivity index (χ0n) is 31.7. The highest BCUT2D eigenvalue weighted by Crippen LogP contribution is 2.61. The van der Waals surface area contributed by atoms with E-state index < -0.39 is 74.5 Å². The summed E-state index contributed by atoms with van der Waals surface area (Å²) in [4.78, 5) is 0. The van der Waals surface area contributed by atoms with Gasteiger partial charge in [-0.2, -0.15) is 0 Å². The standard InChI is InChI=1S/C41H82O8/c42-30-38(31-43)28-26-24-22-20-18-16-14-12-10-8-6-4-2-1-3-5-7-9-11-13-15-17-19-21-23-25-27-29-39(32-44,33-45)41(36-48,37-49)40(38,34-46)35-47/h42-49H,1-37H2. The quantitative estimate of drug-likeness (QED) is 0.132. The maximum Gasteiger partial charge on any atom is 0.0523 e. The van der Waals surface area contributed by atoms with Crippen LogP contribution in [0.25, 0.3) is 0 Å². The lowest BCUT2D eigenvalue weighted by molar-refractivity contribution is -0.268. The minimum atomic E-state index is -1.78. The molecular weight excluding hydrogens is 620 g/mol. The Morgan fingerprint density at radius 2 is 0.347 bits per heavy atom. The summed E-state index contributed by atoms with van der Waals surface area (Å²) in [6.07, 6.45) is 32.7. The van der Waals surface area contributed by atoms with Crippen LogP contribution in [0.5, 0.6) is 0 Å². The molecular formula is C41H82O8. The lowest BCUT2D eigenvalue weighted by Crippen LogP contribution is -2.70. The van der Waals surface area contributed by atoms with Crippen molar-refractivity contribution < 1.29 is 40.9 Å². The molecule has 0 atom stereocenters. The molecule has 8 nitrogen and oxygen atoms in total. The molecule has 0 aliphatic heterocycles. The topological polar surface area (TPSA) is 162 Å². The van der Waals surface area contributed by atoms with Crippen molar-refractivity contribution in [2.45, 2.75) is 186 Å². The average Bonchev–Trinajstić information content (AvgIpc) is 3.13. The van der Waals surface area contributed by atoms with Gasteiger partial charge in [0.25, 0.3) is 0 Å². The average molecular weight is 703 g/mol. The van der Waals surface area contributed by atoms with Gasteiger partial charge >= 0.3 is 0 Å². The monoisotopic (exact) mass is 703 g/mol. The van der Waals surface area contributed by atoms with Gasteiger partial charge in [0.1, 0.15) is 0 Å². The smallest absolute Gasteiger partial charge is 0.0523 e. The molecule has 0 spiro atoms. The van der Waals surface area contributed by atoms with Gasteiger partial charge in [-0.25, -0.2) is 0 Å². The van der Waals surface area contributed by atoms with Crippen molar-refractivity contribution in [3.63, 3.8) is 0 Å². The first kappa shape index (κ1) is 46.7. The van der Waals surface area contributed by atoms with Crippen LogP contribution in [0, 0.1) is 21.7 Å². The fourth-order valence-electron chi connectivity index (χ4n) is 9.24. The highest BCUT2D eigenvalue weighted by molar-refractivity contribution is 5.14. The number of aliphatic hydroxyl groups is 8. The fraction of sp³-hybridized carbons (Fsp3) is 1.00. The molecule has 8 N–H and O–H groups in total. The van der Waals surface area contributed by atoms with Gasteiger partial charge < -0.3 is 40.9 Å². The molecule has 1 saturated carbocycles. The molecule has 1 fully saturated rings. The van der Waals surface area contributed by atoms with Crippen molar-refractivity contribution in [2.24, 2.45) is 21.7 Å². The van der Waals surface area contributed by atoms with E-state index >= 15 is 0 Å². The summed E-state index contributed by atoms with van der Waals surface area (Å²) < 4.78 is 0. The Hall–Kier alpha value is -0.320. The Balaban J connectivity index is 3.04. The third kappa shape index (κ3) is 13.9. The van der Waals surface area contributed by atoms with E-state index in [1.54, 1.807) is 0 Å². The Kier molecular flexibility index (Phi) is 26.9. The van der Waals surface area contributed by atoms with Crippen molar-refractivity contribution in [1.82, 2.24) is 0 Å². The second kappa shape index (κ2) is 28.2. The zero-order chi connectivity index (χ0) is 36.2. The van der Waals surface area contributed by atoms with E-state index in [1.807, 2.05) is 0 Å². The largest absolute Gasteiger partial charge is 0.396 e. The highest BCUT2D eigenvalue weighted by Gasteiger charge is 2.68. The summed E-state index contributed by atoms with van der Waals surface area (Å²) in [7, 11) is 0. The van der Waals surface area contributed by atoms with Crippen LogP contribution in [0.3, 0.4) is 0 Å². The van der Waals surface area contributed by atoms with E-state index in [2.05, 4.69) is 0 Å². The molecule has 8 heteroatoms. The van der Waals surface area contributed by atoms with Crippen molar-refractivity contribution >= 4 is 0 Å². The van der Waals surface area contributed by atoms with Crippen LogP contribution in [-0.2, 0) is 0 Å². The van der Waals surface area contributed by atoms with Gasteiger partial charge in [-0.1, -0.05) is 173 Å². The summed E-state index contributed by atoms with van der Waals surface area (Å²) in [6.45, 7) is -5.31. The third-order valence-corrected chi connectivity index (χ3v) is 13.0. The second-order valence-corrected chi connectivity index (χ2v) is 16.0. The van der Waals surface area contributed by atoms with Crippen LogP contribution in [-0.4, -0.2) is 93.7 Å². The first-order chi connectivity index (χ1) is 23.9. The molecule has 0 radical (unpaired) electrons. The van der Waals surface area contributed by atoms with Crippen LogP contribution < -0.4 is 0 Å². The van der Waals surface area contributed by atoms with Gasteiger partial charge in [-0.15, -0.1) is 0 Å². The zero-order valence-corrected chi connectivity index (χ0v) is 31.7. The van der Waals surface area contributed by atoms with Gasteiger partial charge in [0.15, 0.2) is 0 Å². The molecule has 0 heterocycles. The van der Waals surface area contributed by atoms with Crippen LogP contribution in [0.15, 0.2) is 0 Å². The maximum absolute atomic E-state index is 11.0. The molecule has 0 amide bonds. The fourth-order valence-corrected chi connectivity index (χ4v) is 9.24. The van der Waals surface area contributed by atoms with Crippen molar-refractivity contribution in [3.05, 3.63) is 0 Å². The normalized spacial score (nSPS) is 24.5. The lowest BCUT2D eigenvalue weighted by atomic mass is 9.42. The van der Waals surface area contributed by atoms with E-state index in [1.165, 1.54) is 122 Å². The summed E-state index contributed by atoms with van der Waals surface area (Å²) in [5.41, 5.74) is -6.49. The third-order valence-electron chi connectivity index (χ3n) is 13.0. The SMILES string of the molecule is OCC1(CO)CCCCCCCCCCCCCCCCCCCCCCCCCCCCCC(CO)(CO)C(CO)(CO)C1(CO)CO. The molecule has 294 valence electrons. The molecule has 0 aromatic rings. The van der Waals surface area contributed by atoms with E-state index in [0.29, 0.717) is 12.8 Å². The van der Waals surface area contributed by atoms with Crippen LogP contribution in [0.1, 0.15) is 186 Å². The Morgan fingerprint density at radius 1 is 0.204 bits per heavy atom. The summed E-state index contributed by atoms with van der Waals surface area (Å²) >= 11 is 0. The van der Waals surface area contributed by atoms with E-state index in [4.69, 9.17) is 0 Å². The van der Waals surface area contributed by atoms with Gasteiger partial charge in [0.05, 0.1) is 52.9 Å². The molecule has 49 heavy (non-hydrogen) atoms. The first-order valence-electron chi connectivity index (χ1n) is 20.8. The molecule has 0 aromatic heterocycles. The summed E-state index contributed by atoms with van der Waals surface area (Å²) in [5.74, 6) is 0. The molecule has 1 rings (SSSR count). The van der Waals surface area contributed by atoms with Gasteiger partial charge in [0, 0.05) is 21.7 Å². The van der Waals surface area contributed by atoms with Gasteiger partial charge in [-0.05, 0) is 12.8 Å². The lowest BCUT2D eigenvalue weighted by Gasteiger charge is -2.63. The predicted octanol–water partition coefficient (Wildman–Crippen LogP) is 7.20. The minimum absolute atomic E-state index is 0.260. The molecule has 0 aromatic carbocycles. The number of hydrogen-bond acceptors (Lipinski definition) is 8. The second-order valence-electron chi connectivity index (χ2n) is 16.0. The maximum atomic E-state index is 11.0. The Bertz CT molecular complexity index is 671. The number of hydrogen-bond donors (Lipinski definition) is 8. The molecule has 0 unspecified atom stereocenters. The van der Waals surface area contributed by atoms with Crippen molar-refractivity contribution in [1.29, 1.82) is 0 Å². The number of aliphatic hydroxyl groups excluding tert-OH is 8. The van der Waals surface area contributed by atoms with Crippen LogP contribution in [0.2, 0.25) is 0 Å². The van der Waals surface area contributed by atoms with Crippen LogP contribution >= 0.6 is 0 Å².